The topological polar surface area (TPSA) is 26.9 Å². The van der Waals surface area contributed by atoms with Crippen LogP contribution < -0.4 is 5.69 Å². The fourth-order valence-electron chi connectivity index (χ4n) is 1.59. The summed E-state index contributed by atoms with van der Waals surface area (Å²) < 4.78 is 3.67. The third kappa shape index (κ3) is 1.69. The third-order valence-corrected chi connectivity index (χ3v) is 2.38. The molecule has 1 fully saturated rings. The van der Waals surface area contributed by atoms with Gasteiger partial charge in [0.15, 0.2) is 0 Å². The van der Waals surface area contributed by atoms with Gasteiger partial charge < -0.3 is 0 Å². The Morgan fingerprint density at radius 3 is 2.69 bits per heavy atom. The van der Waals surface area contributed by atoms with Crippen LogP contribution >= 0.6 is 0 Å². The summed E-state index contributed by atoms with van der Waals surface area (Å²) in [4.78, 5) is 11.7. The van der Waals surface area contributed by atoms with Gasteiger partial charge in [-0.3, -0.25) is 9.13 Å². The van der Waals surface area contributed by atoms with E-state index in [0.29, 0.717) is 12.0 Å². The molecule has 1 aliphatic carbocycles. The van der Waals surface area contributed by atoms with Crippen LogP contribution in [0.15, 0.2) is 17.2 Å². The third-order valence-electron chi connectivity index (χ3n) is 2.38. The molecule has 0 N–H and O–H groups in total. The Labute approximate surface area is 78.0 Å². The fraction of sp³-hybridized carbons (Fsp3) is 0.700. The maximum atomic E-state index is 11.7. The molecule has 1 heterocycles. The van der Waals surface area contributed by atoms with Crippen LogP contribution in [-0.2, 0) is 6.54 Å². The van der Waals surface area contributed by atoms with E-state index in [2.05, 4.69) is 13.8 Å². The fourth-order valence-corrected chi connectivity index (χ4v) is 1.59. The summed E-state index contributed by atoms with van der Waals surface area (Å²) in [6.45, 7) is 5.08. The molecule has 0 unspecified atom stereocenters. The van der Waals surface area contributed by atoms with Gasteiger partial charge in [-0.1, -0.05) is 13.8 Å². The van der Waals surface area contributed by atoms with Crippen LogP contribution in [0.1, 0.15) is 32.7 Å². The second-order valence-corrected chi connectivity index (χ2v) is 4.27. The lowest BCUT2D eigenvalue weighted by molar-refractivity contribution is 0.501. The van der Waals surface area contributed by atoms with E-state index in [4.69, 9.17) is 0 Å². The van der Waals surface area contributed by atoms with Gasteiger partial charge in [-0.15, -0.1) is 0 Å². The quantitative estimate of drug-likeness (QED) is 0.694. The molecule has 0 aromatic carbocycles. The molecule has 0 saturated heterocycles. The predicted molar refractivity (Wildman–Crippen MR) is 51.8 cm³/mol. The average Bonchev–Trinajstić information content (AvgIpc) is 2.81. The van der Waals surface area contributed by atoms with Crippen LogP contribution in [0.2, 0.25) is 0 Å². The van der Waals surface area contributed by atoms with Crippen LogP contribution in [0.25, 0.3) is 0 Å². The Hall–Kier alpha value is -0.990. The van der Waals surface area contributed by atoms with Crippen molar-refractivity contribution in [3.63, 3.8) is 0 Å². The first-order valence-electron chi connectivity index (χ1n) is 4.95. The lowest BCUT2D eigenvalue weighted by Crippen LogP contribution is -2.24. The molecule has 13 heavy (non-hydrogen) atoms. The van der Waals surface area contributed by atoms with E-state index in [-0.39, 0.29) is 5.69 Å². The predicted octanol–water partition coefficient (Wildman–Crippen LogP) is 1.64. The number of aromatic nitrogens is 2. The van der Waals surface area contributed by atoms with Gasteiger partial charge in [0.25, 0.3) is 0 Å². The van der Waals surface area contributed by atoms with Crippen molar-refractivity contribution in [2.24, 2.45) is 5.92 Å². The summed E-state index contributed by atoms with van der Waals surface area (Å²) in [6, 6.07) is 0.501. The lowest BCUT2D eigenvalue weighted by atomic mass is 10.2. The van der Waals surface area contributed by atoms with E-state index in [1.54, 1.807) is 0 Å². The summed E-state index contributed by atoms with van der Waals surface area (Å²) in [5.74, 6) is 0.535. The first-order chi connectivity index (χ1) is 6.18. The highest BCUT2D eigenvalue weighted by atomic mass is 16.1. The van der Waals surface area contributed by atoms with Gasteiger partial charge >= 0.3 is 5.69 Å². The second-order valence-electron chi connectivity index (χ2n) is 4.27. The minimum atomic E-state index is 0.163. The first kappa shape index (κ1) is 8.60. The highest BCUT2D eigenvalue weighted by Crippen LogP contribution is 2.33. The first-order valence-corrected chi connectivity index (χ1v) is 4.95. The van der Waals surface area contributed by atoms with Crippen molar-refractivity contribution in [2.45, 2.75) is 39.3 Å². The highest BCUT2D eigenvalue weighted by molar-refractivity contribution is 4.91. The van der Waals surface area contributed by atoms with Crippen LogP contribution in [0.4, 0.5) is 0 Å². The number of nitrogens with zero attached hydrogens (tertiary/aromatic N) is 2. The molecule has 3 nitrogen and oxygen atoms in total. The maximum absolute atomic E-state index is 11.7. The SMILES string of the molecule is CC(C)Cn1ccn(C2CC2)c1=O. The summed E-state index contributed by atoms with van der Waals surface area (Å²) in [7, 11) is 0. The molecular weight excluding hydrogens is 164 g/mol. The molecule has 3 heteroatoms. The van der Waals surface area contributed by atoms with Gasteiger partial charge in [-0.05, 0) is 18.8 Å². The van der Waals surface area contributed by atoms with Gasteiger partial charge in [0.2, 0.25) is 0 Å². The van der Waals surface area contributed by atoms with Crippen molar-refractivity contribution in [1.29, 1.82) is 0 Å². The number of hydrogen-bond donors (Lipinski definition) is 0. The monoisotopic (exact) mass is 180 g/mol. The number of rotatable bonds is 3. The van der Waals surface area contributed by atoms with Gasteiger partial charge in [-0.2, -0.15) is 0 Å². The molecule has 1 aromatic rings. The normalized spacial score (nSPS) is 16.8. The van der Waals surface area contributed by atoms with Crippen molar-refractivity contribution in [3.05, 3.63) is 22.9 Å². The number of imidazole rings is 1. The van der Waals surface area contributed by atoms with Crippen LogP contribution in [-0.4, -0.2) is 9.13 Å². The van der Waals surface area contributed by atoms with Crippen molar-refractivity contribution in [3.8, 4) is 0 Å². The molecular formula is C10H16N2O. The van der Waals surface area contributed by atoms with Gasteiger partial charge in [0, 0.05) is 25.0 Å². The van der Waals surface area contributed by atoms with Crippen molar-refractivity contribution >= 4 is 0 Å². The Morgan fingerprint density at radius 2 is 2.15 bits per heavy atom. The molecule has 0 amide bonds. The molecule has 2 rings (SSSR count). The van der Waals surface area contributed by atoms with Crippen molar-refractivity contribution < 1.29 is 0 Å². The van der Waals surface area contributed by atoms with E-state index in [1.807, 2.05) is 21.5 Å². The minimum absolute atomic E-state index is 0.163. The Balaban J connectivity index is 2.22. The molecule has 1 aromatic heterocycles. The van der Waals surface area contributed by atoms with E-state index < -0.39 is 0 Å². The van der Waals surface area contributed by atoms with Crippen LogP contribution in [0.5, 0.6) is 0 Å². The second kappa shape index (κ2) is 3.05. The van der Waals surface area contributed by atoms with Crippen molar-refractivity contribution in [1.82, 2.24) is 9.13 Å². The maximum Gasteiger partial charge on any atom is 0.328 e. The zero-order valence-electron chi connectivity index (χ0n) is 8.23. The van der Waals surface area contributed by atoms with Crippen molar-refractivity contribution in [2.75, 3.05) is 0 Å². The molecule has 0 atom stereocenters. The van der Waals surface area contributed by atoms with E-state index >= 15 is 0 Å². The summed E-state index contributed by atoms with van der Waals surface area (Å²) in [6.07, 6.45) is 6.17. The van der Waals surface area contributed by atoms with Gasteiger partial charge in [0.1, 0.15) is 0 Å². The van der Waals surface area contributed by atoms with Gasteiger partial charge in [0.05, 0.1) is 0 Å². The van der Waals surface area contributed by atoms with Gasteiger partial charge in [-0.25, -0.2) is 4.79 Å². The zero-order chi connectivity index (χ0) is 9.42. The molecule has 72 valence electrons. The molecule has 0 aliphatic heterocycles. The average molecular weight is 180 g/mol. The molecule has 0 radical (unpaired) electrons. The van der Waals surface area contributed by atoms with Crippen LogP contribution in [0, 0.1) is 5.92 Å². The molecule has 1 saturated carbocycles. The minimum Gasteiger partial charge on any atom is -0.299 e. The molecule has 0 bridgehead atoms. The Morgan fingerprint density at radius 1 is 1.46 bits per heavy atom. The summed E-state index contributed by atoms with van der Waals surface area (Å²) >= 11 is 0. The lowest BCUT2D eigenvalue weighted by Gasteiger charge is -2.03. The largest absolute Gasteiger partial charge is 0.328 e. The van der Waals surface area contributed by atoms with E-state index in [9.17, 15) is 4.79 Å². The zero-order valence-corrected chi connectivity index (χ0v) is 8.23. The van der Waals surface area contributed by atoms with E-state index in [0.717, 1.165) is 6.54 Å². The summed E-state index contributed by atoms with van der Waals surface area (Å²) in [5.41, 5.74) is 0.163. The Kier molecular flexibility index (Phi) is 2.02. The number of hydrogen-bond acceptors (Lipinski definition) is 1. The molecule has 1 aliphatic rings. The highest BCUT2D eigenvalue weighted by Gasteiger charge is 2.25. The smallest absolute Gasteiger partial charge is 0.299 e. The molecule has 0 spiro atoms. The summed E-state index contributed by atoms with van der Waals surface area (Å²) in [5, 5.41) is 0. The van der Waals surface area contributed by atoms with Crippen LogP contribution in [0.3, 0.4) is 0 Å². The Bertz CT molecular complexity index is 344. The standard InChI is InChI=1S/C10H16N2O/c1-8(2)7-11-5-6-12(10(11)13)9-3-4-9/h5-6,8-9H,3-4,7H2,1-2H3. The van der Waals surface area contributed by atoms with E-state index in [1.165, 1.54) is 12.8 Å².